The van der Waals surface area contributed by atoms with Crippen molar-refractivity contribution in [2.45, 2.75) is 11.6 Å². The van der Waals surface area contributed by atoms with E-state index >= 15 is 0 Å². The van der Waals surface area contributed by atoms with Crippen LogP contribution in [0.25, 0.3) is 16.6 Å². The lowest BCUT2D eigenvalue weighted by molar-refractivity contribution is 0.466. The third-order valence-electron chi connectivity index (χ3n) is 3.74. The monoisotopic (exact) mass is 339 g/mol. The molecule has 3 aromatic heterocycles. The van der Waals surface area contributed by atoms with Crippen molar-refractivity contribution < 1.29 is 4.42 Å². The van der Waals surface area contributed by atoms with Crippen LogP contribution in [0.3, 0.4) is 0 Å². The third kappa shape index (κ3) is 2.52. The zero-order valence-electron chi connectivity index (χ0n) is 12.6. The van der Waals surface area contributed by atoms with Crippen molar-refractivity contribution in [2.75, 3.05) is 5.75 Å². The van der Waals surface area contributed by atoms with Gasteiger partial charge in [-0.3, -0.25) is 9.20 Å². The summed E-state index contributed by atoms with van der Waals surface area (Å²) in [5, 5.41) is 1.42. The van der Waals surface area contributed by atoms with E-state index in [2.05, 4.69) is 4.98 Å². The molecule has 0 amide bonds. The number of fused-ring (bicyclic) bond motifs is 2. The predicted octanol–water partition coefficient (Wildman–Crippen LogP) is 2.39. The van der Waals surface area contributed by atoms with Gasteiger partial charge in [-0.1, -0.05) is 18.2 Å². The SMILES string of the molecule is O=c1oc2ccccc2c(=O)n1CCSc1cccc2nccn12. The van der Waals surface area contributed by atoms with Crippen LogP contribution in [-0.2, 0) is 6.54 Å². The van der Waals surface area contributed by atoms with E-state index in [-0.39, 0.29) is 12.1 Å². The quantitative estimate of drug-likeness (QED) is 0.534. The highest BCUT2D eigenvalue weighted by Gasteiger charge is 2.09. The van der Waals surface area contributed by atoms with Crippen LogP contribution in [0.2, 0.25) is 0 Å². The van der Waals surface area contributed by atoms with Crippen LogP contribution in [0.15, 0.2) is 73.9 Å². The number of rotatable bonds is 4. The smallest absolute Gasteiger partial charge is 0.409 e. The van der Waals surface area contributed by atoms with E-state index in [0.717, 1.165) is 15.2 Å². The molecule has 0 aliphatic carbocycles. The number of hydrogen-bond acceptors (Lipinski definition) is 5. The first-order valence-corrected chi connectivity index (χ1v) is 8.40. The molecule has 0 radical (unpaired) electrons. The van der Waals surface area contributed by atoms with Gasteiger partial charge in [0.25, 0.3) is 5.56 Å². The lowest BCUT2D eigenvalue weighted by atomic mass is 10.2. The first-order chi connectivity index (χ1) is 11.7. The second kappa shape index (κ2) is 6.01. The molecule has 4 rings (SSSR count). The molecule has 1 aromatic carbocycles. The van der Waals surface area contributed by atoms with E-state index in [4.69, 9.17) is 4.42 Å². The molecular weight excluding hydrogens is 326 g/mol. The molecule has 0 spiro atoms. The van der Waals surface area contributed by atoms with Crippen molar-refractivity contribution in [3.63, 3.8) is 0 Å². The van der Waals surface area contributed by atoms with E-state index in [0.29, 0.717) is 16.7 Å². The van der Waals surface area contributed by atoms with Gasteiger partial charge in [0.15, 0.2) is 0 Å². The number of para-hydroxylation sites is 1. The van der Waals surface area contributed by atoms with E-state index in [1.165, 1.54) is 0 Å². The lowest BCUT2D eigenvalue weighted by Crippen LogP contribution is -2.33. The predicted molar refractivity (Wildman–Crippen MR) is 92.7 cm³/mol. The molecule has 6 nitrogen and oxygen atoms in total. The van der Waals surface area contributed by atoms with Crippen molar-refractivity contribution in [1.82, 2.24) is 14.0 Å². The maximum Gasteiger partial charge on any atom is 0.422 e. The van der Waals surface area contributed by atoms with Crippen LogP contribution in [0, 0.1) is 0 Å². The van der Waals surface area contributed by atoms with Crippen molar-refractivity contribution in [1.29, 1.82) is 0 Å². The molecule has 0 N–H and O–H groups in total. The van der Waals surface area contributed by atoms with Gasteiger partial charge in [0.05, 0.1) is 10.4 Å². The minimum Gasteiger partial charge on any atom is -0.409 e. The Labute approximate surface area is 140 Å². The van der Waals surface area contributed by atoms with Crippen molar-refractivity contribution in [3.8, 4) is 0 Å². The highest BCUT2D eigenvalue weighted by atomic mass is 32.2. The fourth-order valence-corrected chi connectivity index (χ4v) is 3.53. The number of hydrogen-bond donors (Lipinski definition) is 0. The maximum absolute atomic E-state index is 12.4. The van der Waals surface area contributed by atoms with Crippen molar-refractivity contribution in [2.24, 2.45) is 0 Å². The Bertz CT molecular complexity index is 1140. The number of pyridine rings is 1. The molecular formula is C17H13N3O3S. The Morgan fingerprint density at radius 1 is 1.08 bits per heavy atom. The van der Waals surface area contributed by atoms with Gasteiger partial charge < -0.3 is 4.42 Å². The first kappa shape index (κ1) is 14.8. The van der Waals surface area contributed by atoms with Crippen LogP contribution in [0.5, 0.6) is 0 Å². The summed E-state index contributed by atoms with van der Waals surface area (Å²) in [5.41, 5.74) is 0.866. The summed E-state index contributed by atoms with van der Waals surface area (Å²) in [6, 6.07) is 12.6. The van der Waals surface area contributed by atoms with Gasteiger partial charge in [0, 0.05) is 24.7 Å². The number of imidazole rings is 1. The summed E-state index contributed by atoms with van der Waals surface area (Å²) in [7, 11) is 0. The number of nitrogens with zero attached hydrogens (tertiary/aromatic N) is 3. The summed E-state index contributed by atoms with van der Waals surface area (Å²) in [4.78, 5) is 28.7. The molecule has 0 saturated carbocycles. The highest BCUT2D eigenvalue weighted by molar-refractivity contribution is 7.99. The molecule has 0 aliphatic rings. The van der Waals surface area contributed by atoms with E-state index in [1.807, 2.05) is 28.8 Å². The highest BCUT2D eigenvalue weighted by Crippen LogP contribution is 2.19. The standard InChI is InChI=1S/C17H13N3O3S/c21-16-12-4-1-2-5-13(12)23-17(22)20(16)10-11-24-15-7-3-6-14-18-8-9-19(14)15/h1-9H,10-11H2. The largest absolute Gasteiger partial charge is 0.422 e. The zero-order valence-corrected chi connectivity index (χ0v) is 13.4. The topological polar surface area (TPSA) is 69.5 Å². The molecule has 0 unspecified atom stereocenters. The molecule has 0 fully saturated rings. The van der Waals surface area contributed by atoms with Crippen LogP contribution >= 0.6 is 11.8 Å². The third-order valence-corrected chi connectivity index (χ3v) is 4.75. The molecule has 0 aliphatic heterocycles. The van der Waals surface area contributed by atoms with Crippen LogP contribution in [0.1, 0.15) is 0 Å². The van der Waals surface area contributed by atoms with E-state index in [1.54, 1.807) is 42.2 Å². The normalized spacial score (nSPS) is 11.3. The van der Waals surface area contributed by atoms with Crippen molar-refractivity contribution >= 4 is 28.4 Å². The van der Waals surface area contributed by atoms with Crippen LogP contribution in [0.4, 0.5) is 0 Å². The Hall–Kier alpha value is -2.80. The van der Waals surface area contributed by atoms with Gasteiger partial charge in [-0.2, -0.15) is 0 Å². The summed E-state index contributed by atoms with van der Waals surface area (Å²) < 4.78 is 8.33. The Balaban J connectivity index is 1.60. The fraction of sp³-hybridized carbons (Fsp3) is 0.118. The van der Waals surface area contributed by atoms with Crippen LogP contribution in [-0.4, -0.2) is 19.7 Å². The zero-order chi connectivity index (χ0) is 16.5. The minimum atomic E-state index is -0.625. The van der Waals surface area contributed by atoms with Gasteiger partial charge in [-0.25, -0.2) is 14.3 Å². The first-order valence-electron chi connectivity index (χ1n) is 7.41. The molecule has 0 saturated heterocycles. The Morgan fingerprint density at radius 2 is 1.96 bits per heavy atom. The molecule has 7 heteroatoms. The summed E-state index contributed by atoms with van der Waals surface area (Å²) in [6.45, 7) is 0.280. The molecule has 0 atom stereocenters. The fourth-order valence-electron chi connectivity index (χ4n) is 2.58. The van der Waals surface area contributed by atoms with Crippen molar-refractivity contribution in [3.05, 3.63) is 75.8 Å². The molecule has 3 heterocycles. The van der Waals surface area contributed by atoms with E-state index < -0.39 is 5.76 Å². The second-order valence-corrected chi connectivity index (χ2v) is 6.30. The van der Waals surface area contributed by atoms with Gasteiger partial charge in [0.1, 0.15) is 11.2 Å². The van der Waals surface area contributed by atoms with Gasteiger partial charge in [-0.05, 0) is 24.3 Å². The molecule has 4 aromatic rings. The van der Waals surface area contributed by atoms with Gasteiger partial charge >= 0.3 is 5.76 Å². The number of benzene rings is 1. The number of aromatic nitrogens is 3. The van der Waals surface area contributed by atoms with E-state index in [9.17, 15) is 9.59 Å². The summed E-state index contributed by atoms with van der Waals surface area (Å²) in [6.07, 6.45) is 3.62. The molecule has 24 heavy (non-hydrogen) atoms. The minimum absolute atomic E-state index is 0.280. The van der Waals surface area contributed by atoms with Gasteiger partial charge in [-0.15, -0.1) is 11.8 Å². The van der Waals surface area contributed by atoms with Gasteiger partial charge in [0.2, 0.25) is 0 Å². The average molecular weight is 339 g/mol. The second-order valence-electron chi connectivity index (χ2n) is 5.19. The summed E-state index contributed by atoms with van der Waals surface area (Å²) in [5.74, 6) is -0.0551. The molecule has 120 valence electrons. The average Bonchev–Trinajstić information content (AvgIpc) is 3.07. The Kier molecular flexibility index (Phi) is 3.70. The Morgan fingerprint density at radius 3 is 2.88 bits per heavy atom. The lowest BCUT2D eigenvalue weighted by Gasteiger charge is -2.07. The summed E-state index contributed by atoms with van der Waals surface area (Å²) >= 11 is 1.55. The maximum atomic E-state index is 12.4. The number of thioether (sulfide) groups is 1. The van der Waals surface area contributed by atoms with Crippen LogP contribution < -0.4 is 11.3 Å². The molecule has 0 bridgehead atoms.